The first-order chi connectivity index (χ1) is 16.8. The highest BCUT2D eigenvalue weighted by Crippen LogP contribution is 2.28. The van der Waals surface area contributed by atoms with E-state index < -0.39 is 0 Å². The van der Waals surface area contributed by atoms with Crippen molar-refractivity contribution in [2.75, 3.05) is 12.3 Å². The van der Waals surface area contributed by atoms with Crippen molar-refractivity contribution in [3.05, 3.63) is 95.6 Å². The molecule has 0 atom stereocenters. The predicted molar refractivity (Wildman–Crippen MR) is 135 cm³/mol. The Labute approximate surface area is 201 Å². The molecule has 0 bridgehead atoms. The molecule has 2 aromatic heterocycles. The minimum atomic E-state index is 0.105. The Bertz CT molecular complexity index is 1500. The molecule has 1 amide bonds. The maximum atomic E-state index is 12.9. The summed E-state index contributed by atoms with van der Waals surface area (Å²) in [5.41, 5.74) is 6.42. The average Bonchev–Trinajstić information content (AvgIpc) is 3.20. The second-order valence-electron chi connectivity index (χ2n) is 8.48. The van der Waals surface area contributed by atoms with Crippen molar-refractivity contribution < 1.29 is 4.79 Å². The van der Waals surface area contributed by atoms with Crippen molar-refractivity contribution in [3.63, 3.8) is 0 Å². The van der Waals surface area contributed by atoms with Crippen LogP contribution in [0.25, 0.3) is 22.1 Å². The number of benzene rings is 3. The van der Waals surface area contributed by atoms with Crippen LogP contribution in [0.3, 0.4) is 0 Å². The second-order valence-corrected chi connectivity index (χ2v) is 9.42. The minimum Gasteiger partial charge on any atom is -0.337 e. The largest absolute Gasteiger partial charge is 0.337 e. The van der Waals surface area contributed by atoms with E-state index >= 15 is 0 Å². The number of hydrogen-bond acceptors (Lipinski definition) is 5. The first kappa shape index (κ1) is 20.9. The molecule has 1 aliphatic rings. The molecule has 3 heterocycles. The van der Waals surface area contributed by atoms with Gasteiger partial charge in [-0.3, -0.25) is 4.79 Å². The van der Waals surface area contributed by atoms with Crippen LogP contribution in [0.5, 0.6) is 0 Å². The number of rotatable bonds is 5. The van der Waals surface area contributed by atoms with Gasteiger partial charge in [0.1, 0.15) is 5.52 Å². The van der Waals surface area contributed by atoms with Gasteiger partial charge in [0, 0.05) is 25.0 Å². The van der Waals surface area contributed by atoms with Crippen LogP contribution in [0.1, 0.15) is 16.7 Å². The molecule has 0 spiro atoms. The van der Waals surface area contributed by atoms with Crippen molar-refractivity contribution in [2.24, 2.45) is 0 Å². The van der Waals surface area contributed by atoms with E-state index in [1.165, 1.54) is 28.5 Å². The SMILES string of the molecule is O=C(CSc1nnc2c3ccccc3n(Cc3ccccc3)c2n1)N1CCc2ccccc2C1. The molecule has 34 heavy (non-hydrogen) atoms. The van der Waals surface area contributed by atoms with Crippen molar-refractivity contribution in [1.82, 2.24) is 24.6 Å². The van der Waals surface area contributed by atoms with E-state index in [9.17, 15) is 4.79 Å². The second kappa shape index (κ2) is 8.91. The summed E-state index contributed by atoms with van der Waals surface area (Å²) < 4.78 is 2.18. The van der Waals surface area contributed by atoms with Gasteiger partial charge in [0.2, 0.25) is 11.1 Å². The lowest BCUT2D eigenvalue weighted by atomic mass is 10.00. The number of carbonyl (C=O) groups excluding carboxylic acids is 1. The third-order valence-electron chi connectivity index (χ3n) is 6.35. The van der Waals surface area contributed by atoms with Crippen LogP contribution in [0.2, 0.25) is 0 Å². The van der Waals surface area contributed by atoms with Crippen molar-refractivity contribution in [2.45, 2.75) is 24.7 Å². The summed E-state index contributed by atoms with van der Waals surface area (Å²) in [6.07, 6.45) is 0.899. The van der Waals surface area contributed by atoms with Crippen LogP contribution in [-0.2, 0) is 24.3 Å². The van der Waals surface area contributed by atoms with Gasteiger partial charge in [-0.1, -0.05) is 84.6 Å². The summed E-state index contributed by atoms with van der Waals surface area (Å²) >= 11 is 1.35. The average molecular weight is 466 g/mol. The Balaban J connectivity index is 1.26. The molecule has 5 aromatic rings. The van der Waals surface area contributed by atoms with Gasteiger partial charge in [-0.2, -0.15) is 0 Å². The van der Waals surface area contributed by atoms with E-state index in [2.05, 4.69) is 57.2 Å². The third kappa shape index (κ3) is 3.92. The Morgan fingerprint density at radius 2 is 1.65 bits per heavy atom. The Kier molecular flexibility index (Phi) is 5.47. The highest BCUT2D eigenvalue weighted by Gasteiger charge is 2.21. The first-order valence-corrected chi connectivity index (χ1v) is 12.4. The third-order valence-corrected chi connectivity index (χ3v) is 7.17. The Morgan fingerprint density at radius 3 is 2.53 bits per heavy atom. The molecule has 1 aliphatic heterocycles. The van der Waals surface area contributed by atoms with E-state index in [0.29, 0.717) is 24.0 Å². The van der Waals surface area contributed by atoms with Crippen LogP contribution in [0.15, 0.2) is 84.0 Å². The molecule has 0 radical (unpaired) electrons. The molecule has 3 aromatic carbocycles. The van der Waals surface area contributed by atoms with E-state index in [-0.39, 0.29) is 5.91 Å². The van der Waals surface area contributed by atoms with E-state index in [4.69, 9.17) is 4.98 Å². The van der Waals surface area contributed by atoms with Gasteiger partial charge in [-0.05, 0) is 29.2 Å². The number of hydrogen-bond donors (Lipinski definition) is 0. The summed E-state index contributed by atoms with van der Waals surface area (Å²) in [6.45, 7) is 2.11. The predicted octanol–water partition coefficient (Wildman–Crippen LogP) is 4.70. The number of carbonyl (C=O) groups is 1. The fraction of sp³-hybridized carbons (Fsp3) is 0.185. The minimum absolute atomic E-state index is 0.105. The number of nitrogens with zero attached hydrogens (tertiary/aromatic N) is 5. The smallest absolute Gasteiger partial charge is 0.233 e. The lowest BCUT2D eigenvalue weighted by Crippen LogP contribution is -2.37. The molecule has 6 nitrogen and oxygen atoms in total. The lowest BCUT2D eigenvalue weighted by molar-refractivity contribution is -0.129. The first-order valence-electron chi connectivity index (χ1n) is 11.4. The Morgan fingerprint density at radius 1 is 0.882 bits per heavy atom. The van der Waals surface area contributed by atoms with Crippen molar-refractivity contribution >= 4 is 39.7 Å². The molecule has 7 heteroatoms. The normalized spacial score (nSPS) is 13.4. The molecule has 0 fully saturated rings. The van der Waals surface area contributed by atoms with Gasteiger partial charge >= 0.3 is 0 Å². The molecule has 168 valence electrons. The number of fused-ring (bicyclic) bond motifs is 4. The van der Waals surface area contributed by atoms with Crippen LogP contribution in [-0.4, -0.2) is 42.9 Å². The summed E-state index contributed by atoms with van der Waals surface area (Å²) in [4.78, 5) is 19.7. The van der Waals surface area contributed by atoms with E-state index in [1.54, 1.807) is 0 Å². The number of para-hydroxylation sites is 1. The highest BCUT2D eigenvalue weighted by atomic mass is 32.2. The van der Waals surface area contributed by atoms with Crippen LogP contribution >= 0.6 is 11.8 Å². The molecule has 0 saturated heterocycles. The van der Waals surface area contributed by atoms with Gasteiger partial charge in [0.05, 0.1) is 11.3 Å². The fourth-order valence-electron chi connectivity index (χ4n) is 4.60. The van der Waals surface area contributed by atoms with Gasteiger partial charge in [0.25, 0.3) is 0 Å². The quantitative estimate of drug-likeness (QED) is 0.352. The fourth-order valence-corrected chi connectivity index (χ4v) is 5.29. The van der Waals surface area contributed by atoms with Gasteiger partial charge in [-0.25, -0.2) is 4.98 Å². The van der Waals surface area contributed by atoms with Crippen LogP contribution < -0.4 is 0 Å². The maximum Gasteiger partial charge on any atom is 0.233 e. The molecule has 0 N–H and O–H groups in total. The van der Waals surface area contributed by atoms with Gasteiger partial charge in [0.15, 0.2) is 5.65 Å². The van der Waals surface area contributed by atoms with E-state index in [0.717, 1.165) is 35.0 Å². The van der Waals surface area contributed by atoms with Crippen molar-refractivity contribution in [1.29, 1.82) is 0 Å². The molecular formula is C27H23N5OS. The zero-order chi connectivity index (χ0) is 22.9. The molecule has 0 aliphatic carbocycles. The maximum absolute atomic E-state index is 12.9. The zero-order valence-corrected chi connectivity index (χ0v) is 19.4. The lowest BCUT2D eigenvalue weighted by Gasteiger charge is -2.28. The zero-order valence-electron chi connectivity index (χ0n) is 18.6. The highest BCUT2D eigenvalue weighted by molar-refractivity contribution is 7.99. The molecule has 6 rings (SSSR count). The summed E-state index contributed by atoms with van der Waals surface area (Å²) in [6, 6.07) is 26.9. The van der Waals surface area contributed by atoms with Crippen LogP contribution in [0.4, 0.5) is 0 Å². The summed E-state index contributed by atoms with van der Waals surface area (Å²) in [5, 5.41) is 10.4. The molecule has 0 saturated carbocycles. The number of thioether (sulfide) groups is 1. The topological polar surface area (TPSA) is 63.9 Å². The Hall–Kier alpha value is -3.71. The molecular weight excluding hydrogens is 442 g/mol. The number of aromatic nitrogens is 4. The summed E-state index contributed by atoms with van der Waals surface area (Å²) in [5.74, 6) is 0.405. The van der Waals surface area contributed by atoms with Crippen LogP contribution in [0, 0.1) is 0 Å². The molecule has 0 unspecified atom stereocenters. The standard InChI is InChI=1S/C27H23N5OS/c33-24(31-15-14-20-10-4-5-11-21(20)17-31)18-34-27-28-26-25(29-30-27)22-12-6-7-13-23(22)32(26)16-19-8-2-1-3-9-19/h1-13H,14-18H2. The summed E-state index contributed by atoms with van der Waals surface area (Å²) in [7, 11) is 0. The van der Waals surface area contributed by atoms with E-state index in [1.807, 2.05) is 41.3 Å². The van der Waals surface area contributed by atoms with Gasteiger partial charge < -0.3 is 9.47 Å². The number of amides is 1. The monoisotopic (exact) mass is 465 g/mol. The van der Waals surface area contributed by atoms with Gasteiger partial charge in [-0.15, -0.1) is 10.2 Å². The van der Waals surface area contributed by atoms with Crippen molar-refractivity contribution in [3.8, 4) is 0 Å².